The summed E-state index contributed by atoms with van der Waals surface area (Å²) in [6.07, 6.45) is 2.21. The molecule has 0 spiro atoms. The lowest BCUT2D eigenvalue weighted by Gasteiger charge is -2.31. The second-order valence-electron chi connectivity index (χ2n) is 12.3. The van der Waals surface area contributed by atoms with Crippen molar-refractivity contribution in [1.82, 2.24) is 9.80 Å². The molecule has 6 rings (SSSR count). The topological polar surface area (TPSA) is 98.8 Å². The summed E-state index contributed by atoms with van der Waals surface area (Å²) < 4.78 is 26.4. The summed E-state index contributed by atoms with van der Waals surface area (Å²) in [7, 11) is 0. The van der Waals surface area contributed by atoms with Crippen LogP contribution in [0.3, 0.4) is 0 Å². The fourth-order valence-electron chi connectivity index (χ4n) is 6.22. The van der Waals surface area contributed by atoms with E-state index in [0.717, 1.165) is 11.1 Å². The predicted octanol–water partition coefficient (Wildman–Crippen LogP) is 6.61. The minimum atomic E-state index is -0.389. The maximum atomic E-state index is 13.2. The Morgan fingerprint density at radius 3 is 1.10 bits per heavy atom. The van der Waals surface area contributed by atoms with Gasteiger partial charge in [0.25, 0.3) is 11.8 Å². The molecular formula is C38H36F2N4O4. The van der Waals surface area contributed by atoms with Crippen molar-refractivity contribution >= 4 is 35.0 Å². The second kappa shape index (κ2) is 14.6. The zero-order chi connectivity index (χ0) is 33.6. The fourth-order valence-corrected chi connectivity index (χ4v) is 6.22. The second-order valence-corrected chi connectivity index (χ2v) is 12.3. The molecule has 48 heavy (non-hydrogen) atoms. The number of carbonyl (C=O) groups excluding carboxylic acids is 4. The summed E-state index contributed by atoms with van der Waals surface area (Å²) in [5.41, 5.74) is 4.15. The van der Waals surface area contributed by atoms with Crippen molar-refractivity contribution in [3.63, 3.8) is 0 Å². The highest BCUT2D eigenvalue weighted by atomic mass is 19.1. The number of benzene rings is 4. The van der Waals surface area contributed by atoms with Crippen molar-refractivity contribution in [2.45, 2.75) is 25.7 Å². The van der Waals surface area contributed by atoms with E-state index in [4.69, 9.17) is 0 Å². The minimum absolute atomic E-state index is 0.0816. The molecule has 2 aliphatic rings. The van der Waals surface area contributed by atoms with Crippen molar-refractivity contribution in [3.05, 3.63) is 120 Å². The first kappa shape index (κ1) is 32.6. The van der Waals surface area contributed by atoms with Crippen LogP contribution in [0.4, 0.5) is 20.2 Å². The van der Waals surface area contributed by atoms with Gasteiger partial charge in [-0.15, -0.1) is 0 Å². The molecule has 0 saturated carbocycles. The Kier molecular flexibility index (Phi) is 9.89. The number of piperidine rings is 2. The SMILES string of the molecule is O=C(Nc1ccc(-c2ccc(NC(=O)C3CCN(C(=O)c4ccc(F)cc4)CC3)cc2)cc1)C1CCN(C(=O)c2ccc(F)cc2)CC1. The molecule has 4 amide bonds. The van der Waals surface area contributed by atoms with E-state index in [1.807, 2.05) is 48.5 Å². The number of rotatable bonds is 7. The lowest BCUT2D eigenvalue weighted by atomic mass is 9.95. The van der Waals surface area contributed by atoms with Gasteiger partial charge in [0.05, 0.1) is 0 Å². The van der Waals surface area contributed by atoms with Crippen LogP contribution in [0.2, 0.25) is 0 Å². The molecule has 0 aliphatic carbocycles. The van der Waals surface area contributed by atoms with Gasteiger partial charge in [0.15, 0.2) is 0 Å². The van der Waals surface area contributed by atoms with Gasteiger partial charge in [-0.1, -0.05) is 24.3 Å². The van der Waals surface area contributed by atoms with E-state index < -0.39 is 0 Å². The standard InChI is InChI=1S/C38H36F2N4O4/c39-31-9-1-29(2-10-31)37(47)43-21-17-27(18-22-43)35(45)41-33-13-5-25(6-14-33)26-7-15-34(16-8-26)42-36(46)28-19-23-44(24-20-28)38(48)30-3-11-32(40)12-4-30/h1-16,27-28H,17-24H2,(H,41,45)(H,42,46). The largest absolute Gasteiger partial charge is 0.339 e. The van der Waals surface area contributed by atoms with Crippen LogP contribution < -0.4 is 10.6 Å². The zero-order valence-electron chi connectivity index (χ0n) is 26.3. The minimum Gasteiger partial charge on any atom is -0.339 e. The molecule has 2 heterocycles. The Balaban J connectivity index is 0.949. The first-order valence-corrected chi connectivity index (χ1v) is 16.2. The number of nitrogens with zero attached hydrogens (tertiary/aromatic N) is 2. The number of anilines is 2. The van der Waals surface area contributed by atoms with Crippen LogP contribution in [0.5, 0.6) is 0 Å². The molecule has 0 atom stereocenters. The maximum absolute atomic E-state index is 13.2. The molecule has 246 valence electrons. The molecule has 8 nitrogen and oxygen atoms in total. The van der Waals surface area contributed by atoms with E-state index in [0.29, 0.717) is 74.4 Å². The van der Waals surface area contributed by atoms with Crippen LogP contribution in [0.15, 0.2) is 97.1 Å². The van der Waals surface area contributed by atoms with Crippen LogP contribution >= 0.6 is 0 Å². The molecule has 0 unspecified atom stereocenters. The van der Waals surface area contributed by atoms with Crippen molar-refractivity contribution in [2.75, 3.05) is 36.8 Å². The first-order chi connectivity index (χ1) is 23.2. The van der Waals surface area contributed by atoms with Gasteiger partial charge in [0, 0.05) is 60.5 Å². The number of hydrogen-bond acceptors (Lipinski definition) is 4. The van der Waals surface area contributed by atoms with Crippen molar-refractivity contribution < 1.29 is 28.0 Å². The molecule has 4 aromatic rings. The smallest absolute Gasteiger partial charge is 0.253 e. The highest BCUT2D eigenvalue weighted by molar-refractivity contribution is 5.96. The lowest BCUT2D eigenvalue weighted by molar-refractivity contribution is -0.121. The lowest BCUT2D eigenvalue weighted by Crippen LogP contribution is -2.41. The van der Waals surface area contributed by atoms with E-state index in [9.17, 15) is 28.0 Å². The maximum Gasteiger partial charge on any atom is 0.253 e. The number of carbonyl (C=O) groups is 4. The summed E-state index contributed by atoms with van der Waals surface area (Å²) in [4.78, 5) is 54.7. The summed E-state index contributed by atoms with van der Waals surface area (Å²) in [5.74, 6) is -1.67. The van der Waals surface area contributed by atoms with Gasteiger partial charge < -0.3 is 20.4 Å². The van der Waals surface area contributed by atoms with Gasteiger partial charge in [-0.25, -0.2) is 8.78 Å². The van der Waals surface area contributed by atoms with E-state index in [-0.39, 0.29) is 47.1 Å². The van der Waals surface area contributed by atoms with Gasteiger partial charge in [-0.2, -0.15) is 0 Å². The average Bonchev–Trinajstić information content (AvgIpc) is 3.12. The molecule has 0 radical (unpaired) electrons. The van der Waals surface area contributed by atoms with Crippen molar-refractivity contribution in [3.8, 4) is 11.1 Å². The van der Waals surface area contributed by atoms with Gasteiger partial charge >= 0.3 is 0 Å². The summed E-state index contributed by atoms with van der Waals surface area (Å²) in [6, 6.07) is 26.1. The van der Waals surface area contributed by atoms with Crippen LogP contribution in [-0.2, 0) is 9.59 Å². The highest BCUT2D eigenvalue weighted by Crippen LogP contribution is 2.26. The molecule has 10 heteroatoms. The van der Waals surface area contributed by atoms with E-state index in [2.05, 4.69) is 10.6 Å². The Labute approximate surface area is 277 Å². The molecule has 2 fully saturated rings. The van der Waals surface area contributed by atoms with E-state index in [1.54, 1.807) is 9.80 Å². The molecular weight excluding hydrogens is 614 g/mol. The fraction of sp³-hybridized carbons (Fsp3) is 0.263. The molecule has 2 aliphatic heterocycles. The Bertz CT molecular complexity index is 1630. The van der Waals surface area contributed by atoms with Gasteiger partial charge in [-0.05, 0) is 110 Å². The summed E-state index contributed by atoms with van der Waals surface area (Å²) in [5, 5.41) is 5.97. The van der Waals surface area contributed by atoms with Crippen LogP contribution in [0.25, 0.3) is 11.1 Å². The van der Waals surface area contributed by atoms with Gasteiger partial charge in [-0.3, -0.25) is 19.2 Å². The molecule has 0 bridgehead atoms. The quantitative estimate of drug-likeness (QED) is 0.235. The van der Waals surface area contributed by atoms with E-state index in [1.165, 1.54) is 48.5 Å². The number of likely N-dealkylation sites (tertiary alicyclic amines) is 2. The summed E-state index contributed by atoms with van der Waals surface area (Å²) in [6.45, 7) is 1.84. The zero-order valence-corrected chi connectivity index (χ0v) is 26.3. The van der Waals surface area contributed by atoms with Gasteiger partial charge in [0.2, 0.25) is 11.8 Å². The monoisotopic (exact) mass is 650 g/mol. The number of hydrogen-bond donors (Lipinski definition) is 2. The average molecular weight is 651 g/mol. The predicted molar refractivity (Wildman–Crippen MR) is 179 cm³/mol. The van der Waals surface area contributed by atoms with Crippen LogP contribution in [0.1, 0.15) is 46.4 Å². The first-order valence-electron chi connectivity index (χ1n) is 16.2. The number of nitrogens with one attached hydrogen (secondary N) is 2. The Morgan fingerprint density at radius 1 is 0.479 bits per heavy atom. The molecule has 2 N–H and O–H groups in total. The van der Waals surface area contributed by atoms with E-state index >= 15 is 0 Å². The Morgan fingerprint density at radius 2 is 0.792 bits per heavy atom. The Hall–Kier alpha value is -5.38. The third kappa shape index (κ3) is 7.76. The third-order valence-electron chi connectivity index (χ3n) is 9.13. The van der Waals surface area contributed by atoms with Crippen molar-refractivity contribution in [2.24, 2.45) is 11.8 Å². The van der Waals surface area contributed by atoms with Crippen molar-refractivity contribution in [1.29, 1.82) is 0 Å². The van der Waals surface area contributed by atoms with Crippen LogP contribution in [-0.4, -0.2) is 59.6 Å². The molecule has 2 saturated heterocycles. The number of amides is 4. The number of halogens is 2. The molecule has 4 aromatic carbocycles. The third-order valence-corrected chi connectivity index (χ3v) is 9.13. The molecule has 0 aromatic heterocycles. The van der Waals surface area contributed by atoms with Gasteiger partial charge in [0.1, 0.15) is 11.6 Å². The summed E-state index contributed by atoms with van der Waals surface area (Å²) >= 11 is 0. The van der Waals surface area contributed by atoms with Crippen LogP contribution in [0, 0.1) is 23.5 Å². The highest BCUT2D eigenvalue weighted by Gasteiger charge is 2.29. The normalized spacial score (nSPS) is 15.5.